The molecule has 1 N–H and O–H groups in total. The molecular formula is C21H22ClN3O3S. The zero-order valence-corrected chi connectivity index (χ0v) is 18.1. The average molecular weight is 432 g/mol. The van der Waals surface area contributed by atoms with Crippen LogP contribution in [-0.4, -0.2) is 28.3 Å². The number of aryl methyl sites for hydroxylation is 1. The van der Waals surface area contributed by atoms with E-state index in [1.165, 1.54) is 11.8 Å². The number of aromatic nitrogens is 2. The molecule has 0 unspecified atom stereocenters. The number of nitrogens with one attached hydrogen (secondary N) is 1. The quantitative estimate of drug-likeness (QED) is 0.440. The van der Waals surface area contributed by atoms with Crippen molar-refractivity contribution in [2.45, 2.75) is 32.0 Å². The van der Waals surface area contributed by atoms with Gasteiger partial charge in [0, 0.05) is 11.6 Å². The van der Waals surface area contributed by atoms with Crippen LogP contribution in [0.3, 0.4) is 0 Å². The number of anilines is 1. The van der Waals surface area contributed by atoms with Crippen molar-refractivity contribution in [1.82, 2.24) is 9.55 Å². The number of ether oxygens (including phenoxy) is 1. The lowest BCUT2D eigenvalue weighted by atomic mass is 10.2. The highest BCUT2D eigenvalue weighted by molar-refractivity contribution is 7.99. The Bertz CT molecular complexity index is 1110. The summed E-state index contributed by atoms with van der Waals surface area (Å²) in [6.07, 6.45) is 0.779. The molecule has 1 amide bonds. The summed E-state index contributed by atoms with van der Waals surface area (Å²) in [7, 11) is 1.56. The van der Waals surface area contributed by atoms with Gasteiger partial charge in [0.2, 0.25) is 5.91 Å². The molecule has 0 aliphatic rings. The SMILES string of the molecule is CCCn1c(SCC(=O)Nc2cc(C)ccc2OC)nc2cc(Cl)ccc2c1=O. The third-order valence-electron chi connectivity index (χ3n) is 4.29. The molecule has 1 heterocycles. The molecule has 0 atom stereocenters. The molecular weight excluding hydrogens is 410 g/mol. The van der Waals surface area contributed by atoms with Crippen molar-refractivity contribution in [2.75, 3.05) is 18.2 Å². The van der Waals surface area contributed by atoms with Gasteiger partial charge < -0.3 is 10.1 Å². The molecule has 152 valence electrons. The van der Waals surface area contributed by atoms with Crippen LogP contribution < -0.4 is 15.6 Å². The van der Waals surface area contributed by atoms with Gasteiger partial charge in [-0.3, -0.25) is 14.2 Å². The van der Waals surface area contributed by atoms with Crippen LogP contribution in [0.15, 0.2) is 46.3 Å². The number of thioether (sulfide) groups is 1. The summed E-state index contributed by atoms with van der Waals surface area (Å²) in [5.41, 5.74) is 2.02. The topological polar surface area (TPSA) is 73.2 Å². The third kappa shape index (κ3) is 4.92. The number of carbonyl (C=O) groups excluding carboxylic acids is 1. The first-order valence-electron chi connectivity index (χ1n) is 9.20. The summed E-state index contributed by atoms with van der Waals surface area (Å²) < 4.78 is 6.91. The summed E-state index contributed by atoms with van der Waals surface area (Å²) in [6.45, 7) is 4.46. The first kappa shape index (κ1) is 21.2. The van der Waals surface area contributed by atoms with Gasteiger partial charge in [0.25, 0.3) is 5.56 Å². The molecule has 0 saturated heterocycles. The first-order valence-corrected chi connectivity index (χ1v) is 10.6. The van der Waals surface area contributed by atoms with Gasteiger partial charge in [0.15, 0.2) is 5.16 Å². The Morgan fingerprint density at radius 1 is 1.28 bits per heavy atom. The van der Waals surface area contributed by atoms with Crippen molar-refractivity contribution in [3.63, 3.8) is 0 Å². The van der Waals surface area contributed by atoms with E-state index in [4.69, 9.17) is 16.3 Å². The molecule has 29 heavy (non-hydrogen) atoms. The van der Waals surface area contributed by atoms with Crippen LogP contribution >= 0.6 is 23.4 Å². The Kier molecular flexibility index (Phi) is 6.82. The second kappa shape index (κ2) is 9.33. The van der Waals surface area contributed by atoms with Crippen LogP contribution in [0.4, 0.5) is 5.69 Å². The maximum absolute atomic E-state index is 12.9. The van der Waals surface area contributed by atoms with Gasteiger partial charge in [-0.1, -0.05) is 36.4 Å². The normalized spacial score (nSPS) is 10.9. The van der Waals surface area contributed by atoms with Gasteiger partial charge in [0.05, 0.1) is 29.5 Å². The fourth-order valence-electron chi connectivity index (χ4n) is 2.94. The minimum Gasteiger partial charge on any atom is -0.495 e. The minimum absolute atomic E-state index is 0.110. The van der Waals surface area contributed by atoms with E-state index in [9.17, 15) is 9.59 Å². The molecule has 6 nitrogen and oxygen atoms in total. The lowest BCUT2D eigenvalue weighted by Crippen LogP contribution is -2.24. The number of benzene rings is 2. The smallest absolute Gasteiger partial charge is 0.262 e. The number of hydrogen-bond acceptors (Lipinski definition) is 5. The predicted molar refractivity (Wildman–Crippen MR) is 118 cm³/mol. The molecule has 0 aliphatic carbocycles. The molecule has 0 bridgehead atoms. The van der Waals surface area contributed by atoms with Crippen molar-refractivity contribution in [2.24, 2.45) is 0 Å². The zero-order chi connectivity index (χ0) is 21.0. The van der Waals surface area contributed by atoms with Crippen LogP contribution in [0.1, 0.15) is 18.9 Å². The molecule has 0 aliphatic heterocycles. The Morgan fingerprint density at radius 2 is 2.07 bits per heavy atom. The molecule has 0 saturated carbocycles. The van der Waals surface area contributed by atoms with E-state index in [0.717, 1.165) is 12.0 Å². The summed E-state index contributed by atoms with van der Waals surface area (Å²) >= 11 is 7.27. The van der Waals surface area contributed by atoms with Crippen LogP contribution in [0, 0.1) is 6.92 Å². The predicted octanol–water partition coefficient (Wildman–Crippen LogP) is 4.51. The van der Waals surface area contributed by atoms with E-state index >= 15 is 0 Å². The summed E-state index contributed by atoms with van der Waals surface area (Å²) in [6, 6.07) is 10.6. The number of fused-ring (bicyclic) bond motifs is 1. The van der Waals surface area contributed by atoms with Crippen LogP contribution in [0.5, 0.6) is 5.75 Å². The number of carbonyl (C=O) groups is 1. The van der Waals surface area contributed by atoms with Crippen LogP contribution in [0.2, 0.25) is 5.02 Å². The molecule has 0 spiro atoms. The molecule has 8 heteroatoms. The van der Waals surface area contributed by atoms with Crippen molar-refractivity contribution >= 4 is 45.9 Å². The fraction of sp³-hybridized carbons (Fsp3) is 0.286. The van der Waals surface area contributed by atoms with Gasteiger partial charge >= 0.3 is 0 Å². The number of rotatable bonds is 7. The van der Waals surface area contributed by atoms with Crippen LogP contribution in [-0.2, 0) is 11.3 Å². The van der Waals surface area contributed by atoms with Gasteiger partial charge in [-0.2, -0.15) is 0 Å². The minimum atomic E-state index is -0.206. The molecule has 0 fully saturated rings. The number of hydrogen-bond donors (Lipinski definition) is 1. The van der Waals surface area contributed by atoms with E-state index < -0.39 is 0 Å². The number of methoxy groups -OCH3 is 1. The van der Waals surface area contributed by atoms with Gasteiger partial charge in [-0.05, 0) is 49.2 Å². The number of amides is 1. The molecule has 3 rings (SSSR count). The van der Waals surface area contributed by atoms with E-state index in [1.54, 1.807) is 29.9 Å². The summed E-state index contributed by atoms with van der Waals surface area (Å²) in [4.78, 5) is 29.9. The second-order valence-corrected chi connectivity index (χ2v) is 7.93. The Hall–Kier alpha value is -2.51. The number of halogens is 1. The monoisotopic (exact) mass is 431 g/mol. The molecule has 0 radical (unpaired) electrons. The maximum atomic E-state index is 12.9. The van der Waals surface area contributed by atoms with Crippen LogP contribution in [0.25, 0.3) is 10.9 Å². The fourth-order valence-corrected chi connectivity index (χ4v) is 3.93. The van der Waals surface area contributed by atoms with Gasteiger partial charge in [0.1, 0.15) is 5.75 Å². The standard InChI is InChI=1S/C21H22ClN3O3S/c1-4-9-25-20(27)15-7-6-14(22)11-16(15)24-21(25)29-12-19(26)23-17-10-13(2)5-8-18(17)28-3/h5-8,10-11H,4,9,12H2,1-3H3,(H,23,26). The Morgan fingerprint density at radius 3 is 2.79 bits per heavy atom. The van der Waals surface area contributed by atoms with Crippen molar-refractivity contribution in [3.8, 4) is 5.75 Å². The van der Waals surface area contributed by atoms with E-state index in [0.29, 0.717) is 39.1 Å². The molecule has 1 aromatic heterocycles. The Labute approximate surface area is 178 Å². The number of nitrogens with zero attached hydrogens (tertiary/aromatic N) is 2. The van der Waals surface area contributed by atoms with Crippen molar-refractivity contribution < 1.29 is 9.53 Å². The highest BCUT2D eigenvalue weighted by Gasteiger charge is 2.14. The zero-order valence-electron chi connectivity index (χ0n) is 16.5. The first-order chi connectivity index (χ1) is 13.9. The molecule has 2 aromatic carbocycles. The van der Waals surface area contributed by atoms with E-state index in [2.05, 4.69) is 10.3 Å². The highest BCUT2D eigenvalue weighted by atomic mass is 35.5. The van der Waals surface area contributed by atoms with Crippen molar-refractivity contribution in [1.29, 1.82) is 0 Å². The maximum Gasteiger partial charge on any atom is 0.262 e. The lowest BCUT2D eigenvalue weighted by Gasteiger charge is -2.13. The summed E-state index contributed by atoms with van der Waals surface area (Å²) in [5.74, 6) is 0.497. The van der Waals surface area contributed by atoms with Gasteiger partial charge in [-0.25, -0.2) is 4.98 Å². The van der Waals surface area contributed by atoms with Crippen molar-refractivity contribution in [3.05, 3.63) is 57.3 Å². The second-order valence-electron chi connectivity index (χ2n) is 6.55. The largest absolute Gasteiger partial charge is 0.495 e. The highest BCUT2D eigenvalue weighted by Crippen LogP contribution is 2.26. The summed E-state index contributed by atoms with van der Waals surface area (Å²) in [5, 5.41) is 4.39. The van der Waals surface area contributed by atoms with Gasteiger partial charge in [-0.15, -0.1) is 0 Å². The van der Waals surface area contributed by atoms with E-state index in [1.807, 2.05) is 32.0 Å². The lowest BCUT2D eigenvalue weighted by molar-refractivity contribution is -0.113. The Balaban J connectivity index is 1.84. The molecule has 3 aromatic rings. The third-order valence-corrected chi connectivity index (χ3v) is 5.50. The average Bonchev–Trinajstić information content (AvgIpc) is 2.69. The van der Waals surface area contributed by atoms with E-state index in [-0.39, 0.29) is 17.2 Å².